The minimum atomic E-state index is -0.156. The van der Waals surface area contributed by atoms with E-state index in [4.69, 9.17) is 11.6 Å². The van der Waals surface area contributed by atoms with Gasteiger partial charge in [-0.15, -0.1) is 0 Å². The van der Waals surface area contributed by atoms with Crippen LogP contribution in [-0.4, -0.2) is 5.91 Å². The molecule has 120 valence electrons. The first-order valence-electron chi connectivity index (χ1n) is 7.65. The molecule has 3 rings (SSSR count). The third kappa shape index (κ3) is 4.37. The zero-order valence-electron chi connectivity index (χ0n) is 13.0. The molecule has 2 N–H and O–H groups in total. The van der Waals surface area contributed by atoms with Gasteiger partial charge in [-0.1, -0.05) is 41.9 Å². The Morgan fingerprint density at radius 1 is 0.792 bits per heavy atom. The molecule has 0 atom stereocenters. The Balaban J connectivity index is 1.58. The SMILES string of the molecule is O=C(Nc1ccc(NCc2ccccc2)cc1)c1ccc(Cl)cc1. The van der Waals surface area contributed by atoms with E-state index in [0.29, 0.717) is 10.6 Å². The lowest BCUT2D eigenvalue weighted by Crippen LogP contribution is -2.11. The summed E-state index contributed by atoms with van der Waals surface area (Å²) in [4.78, 5) is 12.2. The van der Waals surface area contributed by atoms with Crippen LogP contribution in [-0.2, 0) is 6.54 Å². The van der Waals surface area contributed by atoms with Gasteiger partial charge in [-0.25, -0.2) is 0 Å². The summed E-state index contributed by atoms with van der Waals surface area (Å²) in [6, 6.07) is 24.6. The van der Waals surface area contributed by atoms with Crippen LogP contribution in [0.2, 0.25) is 5.02 Å². The second-order valence-corrected chi connectivity index (χ2v) is 5.81. The molecule has 3 aromatic carbocycles. The van der Waals surface area contributed by atoms with Crippen molar-refractivity contribution in [1.29, 1.82) is 0 Å². The van der Waals surface area contributed by atoms with Crippen molar-refractivity contribution in [2.45, 2.75) is 6.54 Å². The number of anilines is 2. The minimum absolute atomic E-state index is 0.156. The Morgan fingerprint density at radius 2 is 1.42 bits per heavy atom. The zero-order valence-corrected chi connectivity index (χ0v) is 13.8. The summed E-state index contributed by atoms with van der Waals surface area (Å²) in [5, 5.41) is 6.83. The van der Waals surface area contributed by atoms with Crippen LogP contribution in [0.3, 0.4) is 0 Å². The van der Waals surface area contributed by atoms with Gasteiger partial charge in [0.05, 0.1) is 0 Å². The summed E-state index contributed by atoms with van der Waals surface area (Å²) in [7, 11) is 0. The van der Waals surface area contributed by atoms with Crippen LogP contribution in [0.1, 0.15) is 15.9 Å². The molecule has 0 aliphatic carbocycles. The van der Waals surface area contributed by atoms with Gasteiger partial charge in [0.15, 0.2) is 0 Å². The highest BCUT2D eigenvalue weighted by Gasteiger charge is 2.05. The molecule has 3 nitrogen and oxygen atoms in total. The maximum absolute atomic E-state index is 12.2. The Labute approximate surface area is 146 Å². The smallest absolute Gasteiger partial charge is 0.255 e. The van der Waals surface area contributed by atoms with Gasteiger partial charge < -0.3 is 10.6 Å². The molecule has 1 amide bonds. The lowest BCUT2D eigenvalue weighted by atomic mass is 10.2. The second-order valence-electron chi connectivity index (χ2n) is 5.38. The molecule has 0 unspecified atom stereocenters. The molecule has 24 heavy (non-hydrogen) atoms. The highest BCUT2D eigenvalue weighted by atomic mass is 35.5. The van der Waals surface area contributed by atoms with Gasteiger partial charge >= 0.3 is 0 Å². The van der Waals surface area contributed by atoms with E-state index in [2.05, 4.69) is 22.8 Å². The monoisotopic (exact) mass is 336 g/mol. The van der Waals surface area contributed by atoms with Crippen molar-refractivity contribution in [1.82, 2.24) is 0 Å². The van der Waals surface area contributed by atoms with Crippen LogP contribution in [0.25, 0.3) is 0 Å². The Kier molecular flexibility index (Phi) is 5.14. The van der Waals surface area contributed by atoms with Crippen molar-refractivity contribution >= 4 is 28.9 Å². The predicted molar refractivity (Wildman–Crippen MR) is 99.6 cm³/mol. The van der Waals surface area contributed by atoms with E-state index < -0.39 is 0 Å². The molecule has 0 radical (unpaired) electrons. The highest BCUT2D eigenvalue weighted by Crippen LogP contribution is 2.16. The normalized spacial score (nSPS) is 10.2. The maximum atomic E-state index is 12.2. The fourth-order valence-electron chi connectivity index (χ4n) is 2.28. The molecule has 0 saturated carbocycles. The molecule has 3 aromatic rings. The average molecular weight is 337 g/mol. The van der Waals surface area contributed by atoms with Gasteiger partial charge in [0.25, 0.3) is 5.91 Å². The van der Waals surface area contributed by atoms with E-state index in [1.165, 1.54) is 5.56 Å². The van der Waals surface area contributed by atoms with Crippen LogP contribution in [0.4, 0.5) is 11.4 Å². The molecule has 0 aromatic heterocycles. The molecule has 0 fully saturated rings. The summed E-state index contributed by atoms with van der Waals surface area (Å²) in [5.41, 5.74) is 3.55. The van der Waals surface area contributed by atoms with Crippen molar-refractivity contribution in [3.05, 3.63) is 95.0 Å². The molecule has 0 spiro atoms. The van der Waals surface area contributed by atoms with Crippen LogP contribution < -0.4 is 10.6 Å². The van der Waals surface area contributed by atoms with E-state index in [0.717, 1.165) is 17.9 Å². The van der Waals surface area contributed by atoms with E-state index in [9.17, 15) is 4.79 Å². The largest absolute Gasteiger partial charge is 0.381 e. The van der Waals surface area contributed by atoms with E-state index in [1.807, 2.05) is 42.5 Å². The van der Waals surface area contributed by atoms with Crippen molar-refractivity contribution in [2.75, 3.05) is 10.6 Å². The fourth-order valence-corrected chi connectivity index (χ4v) is 2.40. The van der Waals surface area contributed by atoms with Crippen LogP contribution in [0.15, 0.2) is 78.9 Å². The van der Waals surface area contributed by atoms with Gasteiger partial charge in [-0.05, 0) is 54.1 Å². The molecule has 0 aliphatic heterocycles. The first-order valence-corrected chi connectivity index (χ1v) is 8.03. The summed E-state index contributed by atoms with van der Waals surface area (Å²) >= 11 is 5.83. The van der Waals surface area contributed by atoms with Crippen molar-refractivity contribution in [3.63, 3.8) is 0 Å². The standard InChI is InChI=1S/C20H17ClN2O/c21-17-8-6-16(7-9-17)20(24)23-19-12-10-18(11-13-19)22-14-15-4-2-1-3-5-15/h1-13,22H,14H2,(H,23,24). The van der Waals surface area contributed by atoms with E-state index in [1.54, 1.807) is 24.3 Å². The minimum Gasteiger partial charge on any atom is -0.381 e. The van der Waals surface area contributed by atoms with E-state index in [-0.39, 0.29) is 5.91 Å². The fraction of sp³-hybridized carbons (Fsp3) is 0.0500. The highest BCUT2D eigenvalue weighted by molar-refractivity contribution is 6.30. The lowest BCUT2D eigenvalue weighted by molar-refractivity contribution is 0.102. The third-order valence-corrected chi connectivity index (χ3v) is 3.84. The Bertz CT molecular complexity index is 799. The number of halogens is 1. The number of hydrogen-bond acceptors (Lipinski definition) is 2. The first kappa shape index (κ1) is 16.1. The van der Waals surface area contributed by atoms with Crippen LogP contribution >= 0.6 is 11.6 Å². The van der Waals surface area contributed by atoms with E-state index >= 15 is 0 Å². The number of carbonyl (C=O) groups excluding carboxylic acids is 1. The topological polar surface area (TPSA) is 41.1 Å². The van der Waals surface area contributed by atoms with Crippen LogP contribution in [0.5, 0.6) is 0 Å². The van der Waals surface area contributed by atoms with Crippen molar-refractivity contribution in [2.24, 2.45) is 0 Å². The van der Waals surface area contributed by atoms with Gasteiger partial charge in [0.1, 0.15) is 0 Å². The number of carbonyl (C=O) groups is 1. The molecular formula is C20H17ClN2O. The number of nitrogens with one attached hydrogen (secondary N) is 2. The summed E-state index contributed by atoms with van der Waals surface area (Å²) < 4.78 is 0. The van der Waals surface area contributed by atoms with Crippen molar-refractivity contribution in [3.8, 4) is 0 Å². The number of rotatable bonds is 5. The molecule has 0 aliphatic rings. The first-order chi connectivity index (χ1) is 11.7. The number of benzene rings is 3. The summed E-state index contributed by atoms with van der Waals surface area (Å²) in [6.07, 6.45) is 0. The zero-order chi connectivity index (χ0) is 16.8. The Morgan fingerprint density at radius 3 is 2.08 bits per heavy atom. The van der Waals surface area contributed by atoms with Crippen molar-refractivity contribution < 1.29 is 4.79 Å². The Hall–Kier alpha value is -2.78. The molecule has 0 heterocycles. The summed E-state index contributed by atoms with van der Waals surface area (Å²) in [6.45, 7) is 0.761. The van der Waals surface area contributed by atoms with Gasteiger partial charge in [-0.3, -0.25) is 4.79 Å². The number of hydrogen-bond donors (Lipinski definition) is 2. The maximum Gasteiger partial charge on any atom is 0.255 e. The molecular weight excluding hydrogens is 320 g/mol. The molecule has 0 bridgehead atoms. The van der Waals surface area contributed by atoms with Gasteiger partial charge in [-0.2, -0.15) is 0 Å². The average Bonchev–Trinajstić information content (AvgIpc) is 2.62. The van der Waals surface area contributed by atoms with Gasteiger partial charge in [0.2, 0.25) is 0 Å². The molecule has 0 saturated heterocycles. The third-order valence-electron chi connectivity index (χ3n) is 3.59. The van der Waals surface area contributed by atoms with Gasteiger partial charge in [0, 0.05) is 28.5 Å². The molecule has 4 heteroatoms. The quantitative estimate of drug-likeness (QED) is 0.672. The summed E-state index contributed by atoms with van der Waals surface area (Å²) in [5.74, 6) is -0.156. The second kappa shape index (κ2) is 7.66. The number of amides is 1. The lowest BCUT2D eigenvalue weighted by Gasteiger charge is -2.09. The van der Waals surface area contributed by atoms with Crippen LogP contribution in [0, 0.1) is 0 Å². The predicted octanol–water partition coefficient (Wildman–Crippen LogP) is 5.20.